The molecular formula is C31H30ClN5O7S. The molecular weight excluding hydrogens is 622 g/mol. The number of thiazole rings is 1. The molecule has 14 heteroatoms. The van der Waals surface area contributed by atoms with E-state index in [0.29, 0.717) is 42.2 Å². The molecule has 1 atom stereocenters. The first kappa shape index (κ1) is 30.5. The third-order valence-electron chi connectivity index (χ3n) is 7.56. The third kappa shape index (κ3) is 6.94. The van der Waals surface area contributed by atoms with Gasteiger partial charge in [-0.1, -0.05) is 35.8 Å². The van der Waals surface area contributed by atoms with Crippen LogP contribution in [0.15, 0.2) is 46.9 Å². The Kier molecular flexibility index (Phi) is 8.99. The van der Waals surface area contributed by atoms with Crippen LogP contribution in [0.25, 0.3) is 11.5 Å². The van der Waals surface area contributed by atoms with Crippen LogP contribution in [0, 0.1) is 0 Å². The molecule has 1 aliphatic carbocycles. The minimum Gasteiger partial charge on any atom is -0.480 e. The van der Waals surface area contributed by atoms with E-state index in [-0.39, 0.29) is 39.0 Å². The van der Waals surface area contributed by atoms with Gasteiger partial charge in [0.25, 0.3) is 11.8 Å². The zero-order valence-electron chi connectivity index (χ0n) is 24.6. The predicted molar refractivity (Wildman–Crippen MR) is 165 cm³/mol. The average Bonchev–Trinajstić information content (AvgIpc) is 3.84. The molecule has 1 unspecified atom stereocenters. The highest BCUT2D eigenvalue weighted by Gasteiger charge is 2.31. The zero-order valence-corrected chi connectivity index (χ0v) is 26.2. The van der Waals surface area contributed by atoms with Crippen molar-refractivity contribution in [2.24, 2.45) is 0 Å². The summed E-state index contributed by atoms with van der Waals surface area (Å²) in [6.45, 7) is 2.39. The number of ether oxygens (including phenoxy) is 3. The van der Waals surface area contributed by atoms with E-state index in [4.69, 9.17) is 30.2 Å². The number of carbonyl (C=O) groups excluding carboxylic acids is 3. The number of esters is 1. The largest absolute Gasteiger partial charge is 0.480 e. The number of hydrogen-bond acceptors (Lipinski definition) is 11. The fraction of sp³-hybridized carbons (Fsp3) is 0.355. The van der Waals surface area contributed by atoms with Gasteiger partial charge in [-0.3, -0.25) is 14.9 Å². The van der Waals surface area contributed by atoms with E-state index in [1.54, 1.807) is 37.1 Å². The van der Waals surface area contributed by atoms with Crippen LogP contribution in [0.2, 0.25) is 4.34 Å². The molecule has 2 aromatic heterocycles. The summed E-state index contributed by atoms with van der Waals surface area (Å²) in [5, 5.41) is 11.2. The van der Waals surface area contributed by atoms with E-state index >= 15 is 0 Å². The van der Waals surface area contributed by atoms with Crippen LogP contribution in [-0.2, 0) is 9.53 Å². The first-order valence-corrected chi connectivity index (χ1v) is 15.8. The fourth-order valence-corrected chi connectivity index (χ4v) is 6.25. The van der Waals surface area contributed by atoms with Crippen molar-refractivity contribution >= 4 is 45.9 Å². The van der Waals surface area contributed by atoms with Gasteiger partial charge in [-0.25, -0.2) is 9.78 Å². The van der Waals surface area contributed by atoms with Crippen molar-refractivity contribution in [3.63, 3.8) is 0 Å². The molecule has 2 fully saturated rings. The minimum absolute atomic E-state index is 0.0810. The number of rotatable bonds is 10. The number of nitrogens with one attached hydrogen (secondary N) is 1. The van der Waals surface area contributed by atoms with Gasteiger partial charge >= 0.3 is 5.97 Å². The molecule has 3 heterocycles. The normalized spacial score (nSPS) is 16.6. The summed E-state index contributed by atoms with van der Waals surface area (Å²) in [6.07, 6.45) is 4.30. The van der Waals surface area contributed by atoms with Gasteiger partial charge in [0.1, 0.15) is 21.6 Å². The van der Waals surface area contributed by atoms with Crippen LogP contribution in [0.1, 0.15) is 71.7 Å². The molecule has 45 heavy (non-hydrogen) atoms. The van der Waals surface area contributed by atoms with E-state index in [0.717, 1.165) is 29.7 Å². The maximum absolute atomic E-state index is 13.3. The number of anilines is 1. The summed E-state index contributed by atoms with van der Waals surface area (Å²) < 4.78 is 23.1. The van der Waals surface area contributed by atoms with Crippen molar-refractivity contribution in [2.45, 2.75) is 51.0 Å². The molecule has 2 amide bonds. The summed E-state index contributed by atoms with van der Waals surface area (Å²) in [5.41, 5.74) is 0.846. The molecule has 2 aromatic carbocycles. The van der Waals surface area contributed by atoms with Crippen molar-refractivity contribution in [1.82, 2.24) is 20.1 Å². The van der Waals surface area contributed by atoms with Gasteiger partial charge in [-0.05, 0) is 56.2 Å². The fourth-order valence-electron chi connectivity index (χ4n) is 5.23. The highest BCUT2D eigenvalue weighted by Crippen LogP contribution is 2.36. The van der Waals surface area contributed by atoms with Crippen molar-refractivity contribution in [2.75, 3.05) is 25.5 Å². The predicted octanol–water partition coefficient (Wildman–Crippen LogP) is 6.33. The topological polar surface area (TPSA) is 146 Å². The van der Waals surface area contributed by atoms with Gasteiger partial charge in [0, 0.05) is 43.1 Å². The van der Waals surface area contributed by atoms with E-state index in [2.05, 4.69) is 20.5 Å². The van der Waals surface area contributed by atoms with E-state index in [9.17, 15) is 14.4 Å². The Morgan fingerprint density at radius 3 is 2.53 bits per heavy atom. The van der Waals surface area contributed by atoms with E-state index in [1.165, 1.54) is 25.0 Å². The number of nitrogens with zero attached hydrogens (tertiary/aromatic N) is 4. The lowest BCUT2D eigenvalue weighted by molar-refractivity contribution is -0.132. The number of carbonyl (C=O) groups is 3. The molecule has 1 saturated heterocycles. The molecule has 234 valence electrons. The SMILES string of the molecule is CCOC(=O)c1nc(NC(=O)c2cc(Oc3ccc(-c4nnc(C5CCCC5)o4)cc3)cc(OC3CCN(C)C3=O)c2)sc1Cl. The maximum Gasteiger partial charge on any atom is 0.359 e. The van der Waals surface area contributed by atoms with Gasteiger partial charge < -0.3 is 23.5 Å². The second kappa shape index (κ2) is 13.2. The van der Waals surface area contributed by atoms with Crippen molar-refractivity contribution in [3.05, 3.63) is 63.9 Å². The number of likely N-dealkylation sites (N-methyl/N-ethyl adjacent to an activating group) is 1. The van der Waals surface area contributed by atoms with Crippen LogP contribution in [0.4, 0.5) is 5.13 Å². The highest BCUT2D eigenvalue weighted by atomic mass is 35.5. The van der Waals surface area contributed by atoms with Crippen molar-refractivity contribution in [1.29, 1.82) is 0 Å². The lowest BCUT2D eigenvalue weighted by atomic mass is 10.1. The Morgan fingerprint density at radius 1 is 1.07 bits per heavy atom. The molecule has 1 aliphatic heterocycles. The number of halogens is 1. The first-order valence-electron chi connectivity index (χ1n) is 14.6. The standard InChI is InChI=1S/C31H30ClN5O7S/c1-3-41-30(40)24-25(32)45-31(33-24)34-26(38)19-14-21(16-22(15-19)43-23-12-13-37(2)29(23)39)42-20-10-8-18(9-11-20)28-36-35-27(44-28)17-6-4-5-7-17/h8-11,14-17,23H,3-7,12-13H2,1-2H3,(H,33,34,38). The van der Waals surface area contributed by atoms with Gasteiger partial charge in [0.05, 0.1) is 6.61 Å². The van der Waals surface area contributed by atoms with Crippen LogP contribution in [0.5, 0.6) is 17.2 Å². The lowest BCUT2D eigenvalue weighted by Crippen LogP contribution is -2.29. The highest BCUT2D eigenvalue weighted by molar-refractivity contribution is 7.20. The van der Waals surface area contributed by atoms with Gasteiger partial charge in [-0.15, -0.1) is 10.2 Å². The average molecular weight is 652 g/mol. The lowest BCUT2D eigenvalue weighted by Gasteiger charge is -2.15. The van der Waals surface area contributed by atoms with Gasteiger partial charge in [-0.2, -0.15) is 0 Å². The van der Waals surface area contributed by atoms with E-state index < -0.39 is 18.0 Å². The summed E-state index contributed by atoms with van der Waals surface area (Å²) in [6, 6.07) is 11.8. The van der Waals surface area contributed by atoms with Gasteiger partial charge in [0.15, 0.2) is 16.9 Å². The molecule has 1 saturated carbocycles. The molecule has 4 aromatic rings. The Bertz CT molecular complexity index is 1720. The second-order valence-electron chi connectivity index (χ2n) is 10.7. The monoisotopic (exact) mass is 651 g/mol. The molecule has 0 spiro atoms. The summed E-state index contributed by atoms with van der Waals surface area (Å²) in [4.78, 5) is 43.7. The van der Waals surface area contributed by atoms with Crippen LogP contribution >= 0.6 is 22.9 Å². The second-order valence-corrected chi connectivity index (χ2v) is 12.3. The van der Waals surface area contributed by atoms with Crippen LogP contribution in [0.3, 0.4) is 0 Å². The Balaban J connectivity index is 1.22. The van der Waals surface area contributed by atoms with Crippen LogP contribution < -0.4 is 14.8 Å². The van der Waals surface area contributed by atoms with E-state index in [1.807, 2.05) is 12.1 Å². The molecule has 6 rings (SSSR count). The molecule has 1 N–H and O–H groups in total. The minimum atomic E-state index is -0.686. The Hall–Kier alpha value is -4.49. The van der Waals surface area contributed by atoms with Crippen LogP contribution in [-0.4, -0.2) is 64.2 Å². The number of likely N-dealkylation sites (tertiary alicyclic amines) is 1. The third-order valence-corrected chi connectivity index (χ3v) is 8.73. The molecule has 2 aliphatic rings. The number of benzene rings is 2. The molecule has 0 bridgehead atoms. The number of hydrogen-bond donors (Lipinski definition) is 1. The number of aromatic nitrogens is 3. The summed E-state index contributed by atoms with van der Waals surface area (Å²) >= 11 is 7.09. The zero-order chi connectivity index (χ0) is 31.5. The van der Waals surface area contributed by atoms with Crippen molar-refractivity contribution in [3.8, 4) is 28.7 Å². The first-order chi connectivity index (χ1) is 21.8. The summed E-state index contributed by atoms with van der Waals surface area (Å²) in [7, 11) is 1.71. The number of amides is 2. The maximum atomic E-state index is 13.3. The smallest absolute Gasteiger partial charge is 0.359 e. The molecule has 0 radical (unpaired) electrons. The Morgan fingerprint density at radius 2 is 1.82 bits per heavy atom. The van der Waals surface area contributed by atoms with Gasteiger partial charge in [0.2, 0.25) is 11.8 Å². The Labute approximate surface area is 267 Å². The quantitative estimate of drug-likeness (QED) is 0.193. The molecule has 12 nitrogen and oxygen atoms in total. The summed E-state index contributed by atoms with van der Waals surface area (Å²) in [5.74, 6) is 1.12. The van der Waals surface area contributed by atoms with Crippen molar-refractivity contribution < 1.29 is 33.0 Å².